The molecule has 1 aromatic rings. The molecule has 4 rings (SSSR count). The van der Waals surface area contributed by atoms with Crippen LogP contribution in [0.5, 0.6) is 0 Å². The van der Waals surface area contributed by atoms with E-state index in [2.05, 4.69) is 19.2 Å². The van der Waals surface area contributed by atoms with E-state index >= 15 is 0 Å². The minimum atomic E-state index is -1.19. The summed E-state index contributed by atoms with van der Waals surface area (Å²) in [5, 5.41) is 3.14. The molecule has 1 unspecified atom stereocenters. The van der Waals surface area contributed by atoms with Crippen LogP contribution in [0.1, 0.15) is 51.7 Å². The van der Waals surface area contributed by atoms with Gasteiger partial charge in [0.1, 0.15) is 5.82 Å². The Balaban J connectivity index is 1.75. The first kappa shape index (κ1) is 17.8. The van der Waals surface area contributed by atoms with E-state index in [9.17, 15) is 18.0 Å². The molecule has 3 nitrogen and oxygen atoms in total. The Morgan fingerprint density at radius 3 is 2.58 bits per heavy atom. The average Bonchev–Trinajstić information content (AvgIpc) is 3.04. The SMILES string of the molecule is CC(=O)N[C@@H]1C(C)(C)[C@@H]2C[C@@H]3[C@@H](c4cc(F)c(F)cc4F)OCCC31C2. The number of amides is 1. The normalized spacial score (nSPS) is 37.5. The molecular weight excluding hydrogens is 343 g/mol. The first-order chi connectivity index (χ1) is 12.2. The second kappa shape index (κ2) is 5.72. The van der Waals surface area contributed by atoms with Crippen molar-refractivity contribution in [3.63, 3.8) is 0 Å². The zero-order valence-corrected chi connectivity index (χ0v) is 15.2. The van der Waals surface area contributed by atoms with Gasteiger partial charge in [0, 0.05) is 31.2 Å². The highest BCUT2D eigenvalue weighted by molar-refractivity contribution is 5.73. The van der Waals surface area contributed by atoms with Crippen molar-refractivity contribution in [2.45, 2.75) is 52.2 Å². The van der Waals surface area contributed by atoms with Crippen molar-refractivity contribution >= 4 is 5.91 Å². The summed E-state index contributed by atoms with van der Waals surface area (Å²) in [6.45, 7) is 6.27. The lowest BCUT2D eigenvalue weighted by atomic mass is 9.59. The topological polar surface area (TPSA) is 38.3 Å². The summed E-state index contributed by atoms with van der Waals surface area (Å²) in [5.41, 5.74) is -0.170. The zero-order valence-electron chi connectivity index (χ0n) is 15.2. The molecule has 2 saturated carbocycles. The highest BCUT2D eigenvalue weighted by Crippen LogP contribution is 2.70. The van der Waals surface area contributed by atoms with Gasteiger partial charge in [0.15, 0.2) is 11.6 Å². The van der Waals surface area contributed by atoms with Gasteiger partial charge in [-0.05, 0) is 48.0 Å². The van der Waals surface area contributed by atoms with Gasteiger partial charge < -0.3 is 10.1 Å². The third kappa shape index (κ3) is 2.34. The van der Waals surface area contributed by atoms with Crippen molar-refractivity contribution in [1.29, 1.82) is 0 Å². The number of carbonyl (C=O) groups is 1. The van der Waals surface area contributed by atoms with E-state index in [1.54, 1.807) is 0 Å². The fourth-order valence-electron chi connectivity index (χ4n) is 6.05. The second-order valence-corrected chi connectivity index (χ2v) is 8.76. The number of hydrogen-bond acceptors (Lipinski definition) is 2. The fourth-order valence-corrected chi connectivity index (χ4v) is 6.05. The van der Waals surface area contributed by atoms with Gasteiger partial charge in [-0.3, -0.25) is 4.79 Å². The van der Waals surface area contributed by atoms with Gasteiger partial charge in [-0.1, -0.05) is 13.8 Å². The molecule has 0 radical (unpaired) electrons. The van der Waals surface area contributed by atoms with E-state index < -0.39 is 23.6 Å². The molecule has 1 amide bonds. The third-order valence-electron chi connectivity index (χ3n) is 7.20. The van der Waals surface area contributed by atoms with Gasteiger partial charge in [0.2, 0.25) is 5.91 Å². The minimum Gasteiger partial charge on any atom is -0.373 e. The minimum absolute atomic E-state index is 0.0227. The predicted molar refractivity (Wildman–Crippen MR) is 89.7 cm³/mol. The van der Waals surface area contributed by atoms with Crippen LogP contribution in [0.15, 0.2) is 12.1 Å². The van der Waals surface area contributed by atoms with Gasteiger partial charge in [-0.25, -0.2) is 13.2 Å². The van der Waals surface area contributed by atoms with Crippen LogP contribution in [0.3, 0.4) is 0 Å². The number of nitrogens with one attached hydrogen (secondary N) is 1. The van der Waals surface area contributed by atoms with Crippen molar-refractivity contribution in [2.24, 2.45) is 22.7 Å². The number of ether oxygens (including phenoxy) is 1. The summed E-state index contributed by atoms with van der Waals surface area (Å²) < 4.78 is 47.4. The molecule has 5 atom stereocenters. The van der Waals surface area contributed by atoms with Crippen LogP contribution in [0.4, 0.5) is 13.2 Å². The van der Waals surface area contributed by atoms with Gasteiger partial charge in [0.05, 0.1) is 6.10 Å². The molecule has 1 saturated heterocycles. The first-order valence-corrected chi connectivity index (χ1v) is 9.20. The number of hydrogen-bond donors (Lipinski definition) is 1. The molecule has 1 aromatic carbocycles. The monoisotopic (exact) mass is 367 g/mol. The summed E-state index contributed by atoms with van der Waals surface area (Å²) in [5.74, 6) is -2.75. The van der Waals surface area contributed by atoms with Crippen LogP contribution in [-0.4, -0.2) is 18.6 Å². The Hall–Kier alpha value is -1.56. The van der Waals surface area contributed by atoms with Crippen LogP contribution in [0.2, 0.25) is 0 Å². The van der Waals surface area contributed by atoms with Crippen molar-refractivity contribution in [3.05, 3.63) is 35.1 Å². The highest BCUT2D eigenvalue weighted by Gasteiger charge is 2.68. The Labute approximate surface area is 151 Å². The summed E-state index contributed by atoms with van der Waals surface area (Å²) in [4.78, 5) is 11.8. The lowest BCUT2D eigenvalue weighted by Gasteiger charge is -2.53. The number of benzene rings is 1. The van der Waals surface area contributed by atoms with Crippen molar-refractivity contribution in [3.8, 4) is 0 Å². The van der Waals surface area contributed by atoms with Crippen LogP contribution in [0, 0.1) is 40.1 Å². The molecule has 142 valence electrons. The van der Waals surface area contributed by atoms with Crippen molar-refractivity contribution in [1.82, 2.24) is 5.32 Å². The summed E-state index contributed by atoms with van der Waals surface area (Å²) in [6.07, 6.45) is 1.95. The number of halogens is 3. The van der Waals surface area contributed by atoms with Gasteiger partial charge in [-0.2, -0.15) is 0 Å². The number of fused-ring (bicyclic) bond motifs is 1. The summed E-state index contributed by atoms with van der Waals surface area (Å²) >= 11 is 0. The molecule has 1 spiro atoms. The maximum atomic E-state index is 14.4. The lowest BCUT2D eigenvalue weighted by Crippen LogP contribution is -2.58. The molecule has 6 heteroatoms. The maximum absolute atomic E-state index is 14.4. The Bertz CT molecular complexity index is 766. The standard InChI is InChI=1S/C20H24F3NO2/c1-10(25)24-18-19(2,3)11-6-13-17(26-5-4-20(13,18)9-11)12-7-15(22)16(23)8-14(12)21/h7-8,11,13,17-18H,4-6,9H2,1-3H3,(H,24,25)/t11-,13-,17-,18-,20?/m1/s1. The van der Waals surface area contributed by atoms with E-state index in [1.807, 2.05) is 0 Å². The third-order valence-corrected chi connectivity index (χ3v) is 7.20. The quantitative estimate of drug-likeness (QED) is 0.799. The van der Waals surface area contributed by atoms with E-state index in [0.29, 0.717) is 18.6 Å². The molecule has 1 N–H and O–H groups in total. The molecule has 1 heterocycles. The molecule has 2 bridgehead atoms. The average molecular weight is 367 g/mol. The Kier molecular flexibility index (Phi) is 3.92. The van der Waals surface area contributed by atoms with Crippen LogP contribution >= 0.6 is 0 Å². The Morgan fingerprint density at radius 1 is 1.19 bits per heavy atom. The van der Waals surface area contributed by atoms with Gasteiger partial charge in [0.25, 0.3) is 0 Å². The van der Waals surface area contributed by atoms with E-state index in [1.165, 1.54) is 6.92 Å². The van der Waals surface area contributed by atoms with E-state index in [4.69, 9.17) is 4.74 Å². The smallest absolute Gasteiger partial charge is 0.217 e. The lowest BCUT2D eigenvalue weighted by molar-refractivity contribution is -0.136. The molecule has 3 aliphatic rings. The predicted octanol–water partition coefficient (Wildman–Crippen LogP) is 4.12. The van der Waals surface area contributed by atoms with Crippen molar-refractivity contribution in [2.75, 3.05) is 6.61 Å². The van der Waals surface area contributed by atoms with Gasteiger partial charge in [-0.15, -0.1) is 0 Å². The number of carbonyl (C=O) groups excluding carboxylic acids is 1. The molecule has 2 aliphatic carbocycles. The van der Waals surface area contributed by atoms with E-state index in [-0.39, 0.29) is 34.3 Å². The molecule has 26 heavy (non-hydrogen) atoms. The molecule has 1 aliphatic heterocycles. The second-order valence-electron chi connectivity index (χ2n) is 8.76. The highest BCUT2D eigenvalue weighted by atomic mass is 19.2. The molecular formula is C20H24F3NO2. The molecule has 0 aromatic heterocycles. The zero-order chi connectivity index (χ0) is 18.9. The summed E-state index contributed by atoms with van der Waals surface area (Å²) in [6, 6.07) is 1.49. The van der Waals surface area contributed by atoms with Crippen molar-refractivity contribution < 1.29 is 22.7 Å². The Morgan fingerprint density at radius 2 is 1.88 bits per heavy atom. The van der Waals surface area contributed by atoms with Crippen LogP contribution in [-0.2, 0) is 9.53 Å². The maximum Gasteiger partial charge on any atom is 0.217 e. The largest absolute Gasteiger partial charge is 0.373 e. The first-order valence-electron chi connectivity index (χ1n) is 9.20. The molecule has 3 fully saturated rings. The van der Waals surface area contributed by atoms with Gasteiger partial charge >= 0.3 is 0 Å². The number of rotatable bonds is 2. The summed E-state index contributed by atoms with van der Waals surface area (Å²) in [7, 11) is 0. The van der Waals surface area contributed by atoms with Crippen LogP contribution in [0.25, 0.3) is 0 Å². The van der Waals surface area contributed by atoms with E-state index in [0.717, 1.165) is 25.3 Å². The van der Waals surface area contributed by atoms with Crippen LogP contribution < -0.4 is 5.32 Å². The fraction of sp³-hybridized carbons (Fsp3) is 0.650.